The number of benzene rings is 2. The molecule has 0 spiro atoms. The van der Waals surface area contributed by atoms with E-state index in [0.29, 0.717) is 0 Å². The summed E-state index contributed by atoms with van der Waals surface area (Å²) in [5.41, 5.74) is 3.90. The Hall–Kier alpha value is -1.86. The van der Waals surface area contributed by atoms with E-state index in [1.54, 1.807) is 0 Å². The van der Waals surface area contributed by atoms with Crippen LogP contribution in [0.15, 0.2) is 60.7 Å². The fourth-order valence-electron chi connectivity index (χ4n) is 3.88. The molecule has 1 heteroatoms. The minimum absolute atomic E-state index is 0.760. The maximum Gasteiger partial charge on any atom is 0.00471 e. The molecule has 3 fully saturated rings. The third-order valence-electron chi connectivity index (χ3n) is 5.26. The van der Waals surface area contributed by atoms with Gasteiger partial charge in [-0.25, -0.2) is 0 Å². The molecule has 1 unspecified atom stereocenters. The zero-order valence-corrected chi connectivity index (χ0v) is 13.0. The van der Waals surface area contributed by atoms with Gasteiger partial charge in [-0.2, -0.15) is 0 Å². The molecule has 2 aromatic carbocycles. The number of nitrogens with zero attached hydrogens (tertiary/aromatic N) is 1. The number of piperidine rings is 3. The van der Waals surface area contributed by atoms with Crippen LogP contribution >= 0.6 is 0 Å². The first kappa shape index (κ1) is 13.8. The van der Waals surface area contributed by atoms with Crippen molar-refractivity contribution >= 4 is 6.08 Å². The van der Waals surface area contributed by atoms with E-state index in [0.717, 1.165) is 11.8 Å². The molecule has 22 heavy (non-hydrogen) atoms. The van der Waals surface area contributed by atoms with Crippen LogP contribution in [-0.2, 0) is 0 Å². The smallest absolute Gasteiger partial charge is 0.00471 e. The number of fused-ring (bicyclic) bond motifs is 3. The Balaban J connectivity index is 1.46. The van der Waals surface area contributed by atoms with Crippen molar-refractivity contribution in [1.82, 2.24) is 4.90 Å². The van der Waals surface area contributed by atoms with Gasteiger partial charge in [0.05, 0.1) is 0 Å². The molecule has 0 aliphatic carbocycles. The van der Waals surface area contributed by atoms with E-state index in [4.69, 9.17) is 0 Å². The van der Waals surface area contributed by atoms with Crippen LogP contribution in [-0.4, -0.2) is 24.5 Å². The number of hydrogen-bond acceptors (Lipinski definition) is 1. The summed E-state index contributed by atoms with van der Waals surface area (Å²) in [6.45, 7) is 3.91. The van der Waals surface area contributed by atoms with Gasteiger partial charge in [0.25, 0.3) is 0 Å². The zero-order chi connectivity index (χ0) is 14.8. The average Bonchev–Trinajstić information content (AvgIpc) is 2.62. The Morgan fingerprint density at radius 3 is 2.14 bits per heavy atom. The molecule has 1 atom stereocenters. The molecule has 1 nitrogen and oxygen atoms in total. The lowest BCUT2D eigenvalue weighted by atomic mass is 9.79. The summed E-state index contributed by atoms with van der Waals surface area (Å²) in [6.07, 6.45) is 7.55. The molecule has 2 aromatic rings. The van der Waals surface area contributed by atoms with E-state index in [9.17, 15) is 0 Å². The summed E-state index contributed by atoms with van der Waals surface area (Å²) in [4.78, 5) is 2.62. The highest BCUT2D eigenvalue weighted by atomic mass is 15.1. The molecule has 2 bridgehead atoms. The molecule has 0 N–H and O–H groups in total. The summed E-state index contributed by atoms with van der Waals surface area (Å²) < 4.78 is 0. The molecule has 3 aliphatic heterocycles. The van der Waals surface area contributed by atoms with Crippen LogP contribution in [0.2, 0.25) is 0 Å². The topological polar surface area (TPSA) is 3.24 Å². The Bertz CT molecular complexity index is 633. The standard InChI is InChI=1S/C21H23N/c1-2-4-18(5-3-1)19-9-6-17(7-10-19)8-11-21-16-22-14-12-20(21)13-15-22/h1-11,20-21H,12-16H2/b11-8+. The van der Waals surface area contributed by atoms with Gasteiger partial charge < -0.3 is 4.90 Å². The first-order valence-corrected chi connectivity index (χ1v) is 8.44. The van der Waals surface area contributed by atoms with Crippen molar-refractivity contribution in [1.29, 1.82) is 0 Å². The molecule has 0 saturated carbocycles. The van der Waals surface area contributed by atoms with Crippen molar-refractivity contribution in [2.45, 2.75) is 12.8 Å². The maximum absolute atomic E-state index is 2.62. The molecular weight excluding hydrogens is 266 g/mol. The van der Waals surface area contributed by atoms with E-state index in [-0.39, 0.29) is 0 Å². The van der Waals surface area contributed by atoms with Gasteiger partial charge in [-0.3, -0.25) is 0 Å². The number of rotatable bonds is 3. The van der Waals surface area contributed by atoms with E-state index in [1.165, 1.54) is 49.2 Å². The number of hydrogen-bond donors (Lipinski definition) is 0. The predicted octanol–water partition coefficient (Wildman–Crippen LogP) is 4.71. The van der Waals surface area contributed by atoms with Gasteiger partial charge in [-0.15, -0.1) is 0 Å². The van der Waals surface area contributed by atoms with E-state index in [1.807, 2.05) is 0 Å². The normalized spacial score (nSPS) is 27.4. The van der Waals surface area contributed by atoms with Gasteiger partial charge in [0, 0.05) is 6.54 Å². The molecule has 3 heterocycles. The average molecular weight is 289 g/mol. The second kappa shape index (κ2) is 6.10. The fourth-order valence-corrected chi connectivity index (χ4v) is 3.88. The molecule has 112 valence electrons. The minimum Gasteiger partial charge on any atom is -0.303 e. The summed E-state index contributed by atoms with van der Waals surface area (Å²) in [7, 11) is 0. The third-order valence-corrected chi connectivity index (χ3v) is 5.26. The second-order valence-corrected chi connectivity index (χ2v) is 6.65. The molecule has 5 rings (SSSR count). The van der Waals surface area contributed by atoms with Crippen molar-refractivity contribution in [2.24, 2.45) is 11.8 Å². The zero-order valence-electron chi connectivity index (χ0n) is 13.0. The van der Waals surface area contributed by atoms with Gasteiger partial charge in [0.2, 0.25) is 0 Å². The summed E-state index contributed by atoms with van der Waals surface area (Å²) in [5.74, 6) is 1.68. The van der Waals surface area contributed by atoms with Crippen LogP contribution in [0.5, 0.6) is 0 Å². The Labute approximate surface area is 133 Å². The molecular formula is C21H23N. The maximum atomic E-state index is 2.62. The van der Waals surface area contributed by atoms with E-state index >= 15 is 0 Å². The Kier molecular flexibility index (Phi) is 3.82. The van der Waals surface area contributed by atoms with Crippen LogP contribution in [0.25, 0.3) is 17.2 Å². The highest BCUT2D eigenvalue weighted by molar-refractivity contribution is 5.65. The monoisotopic (exact) mass is 289 g/mol. The highest BCUT2D eigenvalue weighted by Gasteiger charge is 2.32. The van der Waals surface area contributed by atoms with Crippen LogP contribution in [0.3, 0.4) is 0 Å². The van der Waals surface area contributed by atoms with Gasteiger partial charge in [-0.1, -0.05) is 66.7 Å². The first-order chi connectivity index (χ1) is 10.9. The SMILES string of the molecule is C(=C\C1CN2CCC1CC2)/c1ccc(-c2ccccc2)cc1. The van der Waals surface area contributed by atoms with Crippen molar-refractivity contribution in [2.75, 3.05) is 19.6 Å². The summed E-state index contributed by atoms with van der Waals surface area (Å²) >= 11 is 0. The Morgan fingerprint density at radius 1 is 0.818 bits per heavy atom. The predicted molar refractivity (Wildman–Crippen MR) is 93.6 cm³/mol. The van der Waals surface area contributed by atoms with Crippen LogP contribution in [0.4, 0.5) is 0 Å². The van der Waals surface area contributed by atoms with Crippen LogP contribution in [0.1, 0.15) is 18.4 Å². The van der Waals surface area contributed by atoms with Crippen molar-refractivity contribution in [3.8, 4) is 11.1 Å². The second-order valence-electron chi connectivity index (χ2n) is 6.65. The van der Waals surface area contributed by atoms with Crippen molar-refractivity contribution in [3.05, 3.63) is 66.2 Å². The Morgan fingerprint density at radius 2 is 1.50 bits per heavy atom. The largest absolute Gasteiger partial charge is 0.303 e. The molecule has 0 radical (unpaired) electrons. The van der Waals surface area contributed by atoms with Crippen molar-refractivity contribution in [3.63, 3.8) is 0 Å². The molecule has 0 aromatic heterocycles. The van der Waals surface area contributed by atoms with Crippen LogP contribution < -0.4 is 0 Å². The lowest BCUT2D eigenvalue weighted by molar-refractivity contribution is 0.0740. The minimum atomic E-state index is 0.760. The quantitative estimate of drug-likeness (QED) is 0.791. The highest BCUT2D eigenvalue weighted by Crippen LogP contribution is 2.33. The van der Waals surface area contributed by atoms with E-state index < -0.39 is 0 Å². The lowest BCUT2D eigenvalue weighted by Crippen LogP contribution is -2.46. The third kappa shape index (κ3) is 2.86. The van der Waals surface area contributed by atoms with Gasteiger partial charge in [0.1, 0.15) is 0 Å². The molecule has 0 amide bonds. The fraction of sp³-hybridized carbons (Fsp3) is 0.333. The van der Waals surface area contributed by atoms with E-state index in [2.05, 4.69) is 71.6 Å². The first-order valence-electron chi connectivity index (χ1n) is 8.44. The summed E-state index contributed by atoms with van der Waals surface area (Å²) in [6, 6.07) is 19.5. The van der Waals surface area contributed by atoms with Crippen molar-refractivity contribution < 1.29 is 0 Å². The van der Waals surface area contributed by atoms with Gasteiger partial charge in [-0.05, 0) is 54.5 Å². The molecule has 3 saturated heterocycles. The van der Waals surface area contributed by atoms with Gasteiger partial charge >= 0.3 is 0 Å². The lowest BCUT2D eigenvalue weighted by Gasteiger charge is -2.43. The summed E-state index contributed by atoms with van der Waals surface area (Å²) in [5, 5.41) is 0. The molecule has 3 aliphatic rings. The van der Waals surface area contributed by atoms with Gasteiger partial charge in [0.15, 0.2) is 0 Å². The van der Waals surface area contributed by atoms with Crippen LogP contribution in [0, 0.1) is 11.8 Å².